The Morgan fingerprint density at radius 3 is 2.85 bits per heavy atom. The Labute approximate surface area is 77.6 Å². The number of nitrogens with two attached hydrogens (primary N) is 1. The van der Waals surface area contributed by atoms with Gasteiger partial charge in [0, 0.05) is 24.7 Å². The fourth-order valence-corrected chi connectivity index (χ4v) is 0.829. The molecule has 0 saturated carbocycles. The Hall–Kier alpha value is -1.37. The van der Waals surface area contributed by atoms with E-state index in [4.69, 9.17) is 10.8 Å². The molecule has 3 N–H and O–H groups in total. The summed E-state index contributed by atoms with van der Waals surface area (Å²) in [6.07, 6.45) is 2.34. The summed E-state index contributed by atoms with van der Waals surface area (Å²) >= 11 is 0. The van der Waals surface area contributed by atoms with Crippen LogP contribution in [0.1, 0.15) is 17.7 Å². The van der Waals surface area contributed by atoms with Gasteiger partial charge >= 0.3 is 0 Å². The van der Waals surface area contributed by atoms with Gasteiger partial charge in [-0.2, -0.15) is 0 Å². The van der Waals surface area contributed by atoms with Crippen LogP contribution in [0.15, 0.2) is 18.3 Å². The maximum Gasteiger partial charge on any atom is 0.0852 e. The van der Waals surface area contributed by atoms with E-state index in [2.05, 4.69) is 16.8 Å². The molecule has 3 heteroatoms. The Morgan fingerprint density at radius 1 is 1.46 bits per heavy atom. The first kappa shape index (κ1) is 9.72. The molecule has 68 valence electrons. The monoisotopic (exact) mass is 176 g/mol. The molecule has 3 nitrogen and oxygen atoms in total. The lowest BCUT2D eigenvalue weighted by molar-refractivity contribution is 0.277. The van der Waals surface area contributed by atoms with Crippen LogP contribution in [0, 0.1) is 11.8 Å². The molecule has 0 unspecified atom stereocenters. The molecule has 1 rings (SSSR count). The SMILES string of the molecule is NCCC#Cc1ccc(CO)nc1. The molecule has 1 heterocycles. The molecule has 0 amide bonds. The van der Waals surface area contributed by atoms with Gasteiger partial charge in [-0.05, 0) is 12.1 Å². The van der Waals surface area contributed by atoms with Crippen molar-refractivity contribution in [3.05, 3.63) is 29.6 Å². The molecule has 0 aromatic carbocycles. The smallest absolute Gasteiger partial charge is 0.0852 e. The zero-order chi connectivity index (χ0) is 9.52. The van der Waals surface area contributed by atoms with Crippen molar-refractivity contribution in [1.82, 2.24) is 4.98 Å². The van der Waals surface area contributed by atoms with Gasteiger partial charge in [-0.3, -0.25) is 4.98 Å². The summed E-state index contributed by atoms with van der Waals surface area (Å²) in [5.74, 6) is 5.83. The third-order valence-electron chi connectivity index (χ3n) is 1.49. The van der Waals surface area contributed by atoms with Crippen molar-refractivity contribution >= 4 is 0 Å². The second-order valence-corrected chi connectivity index (χ2v) is 2.54. The minimum atomic E-state index is -0.0312. The van der Waals surface area contributed by atoms with Gasteiger partial charge in [0.2, 0.25) is 0 Å². The van der Waals surface area contributed by atoms with Crippen LogP contribution in [0.3, 0.4) is 0 Å². The first-order chi connectivity index (χ1) is 6.36. The number of pyridine rings is 1. The molecule has 0 aliphatic heterocycles. The lowest BCUT2D eigenvalue weighted by Crippen LogP contribution is -1.95. The highest BCUT2D eigenvalue weighted by atomic mass is 16.3. The molecular formula is C10H12N2O. The lowest BCUT2D eigenvalue weighted by atomic mass is 10.2. The molecule has 13 heavy (non-hydrogen) atoms. The predicted molar refractivity (Wildman–Crippen MR) is 50.7 cm³/mol. The van der Waals surface area contributed by atoms with Gasteiger partial charge in [0.25, 0.3) is 0 Å². The molecule has 0 bridgehead atoms. The average molecular weight is 176 g/mol. The van der Waals surface area contributed by atoms with Gasteiger partial charge in [0.05, 0.1) is 12.3 Å². The second-order valence-electron chi connectivity index (χ2n) is 2.54. The van der Waals surface area contributed by atoms with E-state index < -0.39 is 0 Å². The highest BCUT2D eigenvalue weighted by Crippen LogP contribution is 1.98. The Kier molecular flexibility index (Phi) is 3.97. The van der Waals surface area contributed by atoms with E-state index >= 15 is 0 Å². The Bertz CT molecular complexity index is 308. The van der Waals surface area contributed by atoms with E-state index in [1.54, 1.807) is 12.3 Å². The molecular weight excluding hydrogens is 164 g/mol. The molecule has 0 radical (unpaired) electrons. The first-order valence-corrected chi connectivity index (χ1v) is 4.11. The second kappa shape index (κ2) is 5.31. The summed E-state index contributed by atoms with van der Waals surface area (Å²) in [5.41, 5.74) is 6.80. The zero-order valence-electron chi connectivity index (χ0n) is 7.33. The molecule has 1 aromatic rings. The van der Waals surface area contributed by atoms with Crippen LogP contribution in [0.4, 0.5) is 0 Å². The van der Waals surface area contributed by atoms with E-state index in [0.29, 0.717) is 18.7 Å². The summed E-state index contributed by atoms with van der Waals surface area (Å²) in [5, 5.41) is 8.73. The number of aliphatic hydroxyl groups is 1. The summed E-state index contributed by atoms with van der Waals surface area (Å²) in [6, 6.07) is 3.59. The highest BCUT2D eigenvalue weighted by Gasteiger charge is 1.90. The highest BCUT2D eigenvalue weighted by molar-refractivity contribution is 5.32. The average Bonchev–Trinajstić information content (AvgIpc) is 2.19. The van der Waals surface area contributed by atoms with Crippen LogP contribution in [0.5, 0.6) is 0 Å². The standard InChI is InChI=1S/C10H12N2O/c11-6-2-1-3-9-4-5-10(8-13)12-7-9/h4-5,7,13H,2,6,8,11H2. The molecule has 0 aliphatic carbocycles. The van der Waals surface area contributed by atoms with Crippen LogP contribution < -0.4 is 5.73 Å². The van der Waals surface area contributed by atoms with Crippen molar-refractivity contribution in [3.63, 3.8) is 0 Å². The Balaban J connectivity index is 2.65. The topological polar surface area (TPSA) is 59.1 Å². The van der Waals surface area contributed by atoms with Crippen LogP contribution in [0.25, 0.3) is 0 Å². The summed E-state index contributed by atoms with van der Waals surface area (Å²) in [4.78, 5) is 3.99. The minimum absolute atomic E-state index is 0.0312. The van der Waals surface area contributed by atoms with Gasteiger partial charge in [0.15, 0.2) is 0 Å². The van der Waals surface area contributed by atoms with Crippen molar-refractivity contribution in [2.45, 2.75) is 13.0 Å². The molecule has 0 atom stereocenters. The normalized spacial score (nSPS) is 9.08. The zero-order valence-corrected chi connectivity index (χ0v) is 7.33. The minimum Gasteiger partial charge on any atom is -0.390 e. The van der Waals surface area contributed by atoms with E-state index in [-0.39, 0.29) is 6.61 Å². The maximum atomic E-state index is 8.73. The van der Waals surface area contributed by atoms with E-state index in [9.17, 15) is 0 Å². The first-order valence-electron chi connectivity index (χ1n) is 4.11. The van der Waals surface area contributed by atoms with E-state index in [0.717, 1.165) is 5.56 Å². The van der Waals surface area contributed by atoms with Crippen LogP contribution in [-0.4, -0.2) is 16.6 Å². The number of hydrogen-bond donors (Lipinski definition) is 2. The summed E-state index contributed by atoms with van der Waals surface area (Å²) in [7, 11) is 0. The fourth-order valence-electron chi connectivity index (χ4n) is 0.829. The summed E-state index contributed by atoms with van der Waals surface area (Å²) < 4.78 is 0. The number of aliphatic hydroxyl groups excluding tert-OH is 1. The number of rotatable bonds is 2. The predicted octanol–water partition coefficient (Wildman–Crippen LogP) is 0.274. The quantitative estimate of drug-likeness (QED) is 0.636. The van der Waals surface area contributed by atoms with E-state index in [1.807, 2.05) is 6.07 Å². The maximum absolute atomic E-state index is 8.73. The van der Waals surface area contributed by atoms with Crippen molar-refractivity contribution in [2.75, 3.05) is 6.54 Å². The fraction of sp³-hybridized carbons (Fsp3) is 0.300. The third-order valence-corrected chi connectivity index (χ3v) is 1.49. The molecule has 0 spiro atoms. The van der Waals surface area contributed by atoms with E-state index in [1.165, 1.54) is 0 Å². The van der Waals surface area contributed by atoms with Gasteiger partial charge in [0.1, 0.15) is 0 Å². The van der Waals surface area contributed by atoms with Crippen molar-refractivity contribution in [1.29, 1.82) is 0 Å². The molecule has 0 saturated heterocycles. The van der Waals surface area contributed by atoms with Gasteiger partial charge in [-0.25, -0.2) is 0 Å². The number of nitrogens with zero attached hydrogens (tertiary/aromatic N) is 1. The Morgan fingerprint density at radius 2 is 2.31 bits per heavy atom. The van der Waals surface area contributed by atoms with Crippen LogP contribution in [-0.2, 0) is 6.61 Å². The van der Waals surface area contributed by atoms with Gasteiger partial charge in [-0.1, -0.05) is 11.8 Å². The molecule has 0 aliphatic rings. The van der Waals surface area contributed by atoms with Crippen molar-refractivity contribution in [2.24, 2.45) is 5.73 Å². The molecule has 1 aromatic heterocycles. The van der Waals surface area contributed by atoms with Crippen molar-refractivity contribution < 1.29 is 5.11 Å². The number of aromatic nitrogens is 1. The lowest BCUT2D eigenvalue weighted by Gasteiger charge is -1.93. The van der Waals surface area contributed by atoms with Gasteiger partial charge in [-0.15, -0.1) is 0 Å². The molecule has 0 fully saturated rings. The number of hydrogen-bond acceptors (Lipinski definition) is 3. The summed E-state index contributed by atoms with van der Waals surface area (Å²) in [6.45, 7) is 0.547. The van der Waals surface area contributed by atoms with Gasteiger partial charge < -0.3 is 10.8 Å². The van der Waals surface area contributed by atoms with Crippen molar-refractivity contribution in [3.8, 4) is 11.8 Å². The van der Waals surface area contributed by atoms with Crippen LogP contribution in [0.2, 0.25) is 0 Å². The largest absolute Gasteiger partial charge is 0.390 e. The third kappa shape index (κ3) is 3.24. The van der Waals surface area contributed by atoms with Crippen LogP contribution >= 0.6 is 0 Å².